The minimum Gasteiger partial charge on any atom is -0.298 e. The van der Waals surface area contributed by atoms with Gasteiger partial charge in [-0.2, -0.15) is 0 Å². The molecule has 0 aliphatic heterocycles. The highest BCUT2D eigenvalue weighted by molar-refractivity contribution is 7.99. The summed E-state index contributed by atoms with van der Waals surface area (Å²) in [5.74, 6) is 0. The normalized spacial score (nSPS) is 10.3. The van der Waals surface area contributed by atoms with E-state index < -0.39 is 4.92 Å². The monoisotopic (exact) mass is 287 g/mol. The van der Waals surface area contributed by atoms with Crippen LogP contribution in [-0.4, -0.2) is 11.2 Å². The first kappa shape index (κ1) is 14.3. The van der Waals surface area contributed by atoms with Crippen LogP contribution >= 0.6 is 11.8 Å². The zero-order valence-electron chi connectivity index (χ0n) is 11.1. The number of carbonyl (C=O) groups excluding carboxylic acids is 1. The van der Waals surface area contributed by atoms with Crippen molar-refractivity contribution in [3.63, 3.8) is 0 Å². The summed E-state index contributed by atoms with van der Waals surface area (Å²) in [6, 6.07) is 10.4. The van der Waals surface area contributed by atoms with E-state index in [0.717, 1.165) is 4.90 Å². The highest BCUT2D eigenvalue weighted by Crippen LogP contribution is 2.32. The lowest BCUT2D eigenvalue weighted by Gasteiger charge is -2.07. The molecule has 0 saturated carbocycles. The Hall–Kier alpha value is -2.14. The van der Waals surface area contributed by atoms with Crippen molar-refractivity contribution < 1.29 is 9.72 Å². The van der Waals surface area contributed by atoms with Gasteiger partial charge in [-0.15, -0.1) is 0 Å². The molecule has 0 radical (unpaired) electrons. The number of non-ortho nitro benzene ring substituents is 1. The van der Waals surface area contributed by atoms with E-state index in [1.165, 1.54) is 35.0 Å². The summed E-state index contributed by atoms with van der Waals surface area (Å²) >= 11 is 1.43. The summed E-state index contributed by atoms with van der Waals surface area (Å²) < 4.78 is 0. The van der Waals surface area contributed by atoms with Crippen molar-refractivity contribution in [1.29, 1.82) is 0 Å². The quantitative estimate of drug-likeness (QED) is 0.481. The van der Waals surface area contributed by atoms with Gasteiger partial charge in [0.15, 0.2) is 6.29 Å². The minimum atomic E-state index is -0.503. The number of aldehydes is 1. The van der Waals surface area contributed by atoms with E-state index in [-0.39, 0.29) is 5.69 Å². The first-order chi connectivity index (χ1) is 9.51. The molecule has 0 aliphatic carbocycles. The van der Waals surface area contributed by atoms with Crippen molar-refractivity contribution in [1.82, 2.24) is 0 Å². The fraction of sp³-hybridized carbons (Fsp3) is 0.133. The van der Waals surface area contributed by atoms with E-state index >= 15 is 0 Å². The number of benzene rings is 2. The average molecular weight is 287 g/mol. The molecule has 0 heterocycles. The first-order valence-corrected chi connectivity index (χ1v) is 6.81. The van der Waals surface area contributed by atoms with Gasteiger partial charge in [-0.1, -0.05) is 17.8 Å². The lowest BCUT2D eigenvalue weighted by Crippen LogP contribution is -1.92. The third kappa shape index (κ3) is 3.05. The largest absolute Gasteiger partial charge is 0.298 e. The zero-order valence-corrected chi connectivity index (χ0v) is 11.9. The van der Waals surface area contributed by atoms with Gasteiger partial charge in [0.05, 0.1) is 4.92 Å². The van der Waals surface area contributed by atoms with E-state index in [9.17, 15) is 14.9 Å². The zero-order chi connectivity index (χ0) is 14.7. The lowest BCUT2D eigenvalue weighted by molar-refractivity contribution is -0.384. The number of nitrogens with zero attached hydrogens (tertiary/aromatic N) is 1. The summed E-state index contributed by atoms with van der Waals surface area (Å²) in [7, 11) is 0. The summed E-state index contributed by atoms with van der Waals surface area (Å²) in [5, 5.41) is 10.7. The fourth-order valence-electron chi connectivity index (χ4n) is 1.74. The maximum atomic E-state index is 11.1. The van der Waals surface area contributed by atoms with E-state index in [1.807, 2.05) is 32.0 Å². The van der Waals surface area contributed by atoms with Gasteiger partial charge in [0, 0.05) is 27.5 Å². The number of carbonyl (C=O) groups is 1. The van der Waals surface area contributed by atoms with Crippen LogP contribution in [0.1, 0.15) is 21.5 Å². The predicted octanol–water partition coefficient (Wildman–Crippen LogP) is 4.18. The van der Waals surface area contributed by atoms with Crippen molar-refractivity contribution >= 4 is 23.7 Å². The second-order valence-electron chi connectivity index (χ2n) is 4.45. The molecule has 2 rings (SSSR count). The van der Waals surface area contributed by atoms with E-state index in [0.29, 0.717) is 16.7 Å². The molecule has 5 heteroatoms. The van der Waals surface area contributed by atoms with Crippen LogP contribution < -0.4 is 0 Å². The Kier molecular flexibility index (Phi) is 4.20. The fourth-order valence-corrected chi connectivity index (χ4v) is 2.73. The molecular formula is C15H13NO3S. The summed E-state index contributed by atoms with van der Waals surface area (Å²) in [5.41, 5.74) is 2.64. The second kappa shape index (κ2) is 5.88. The number of nitro groups is 1. The number of hydrogen-bond donors (Lipinski definition) is 0. The maximum absolute atomic E-state index is 11.1. The highest BCUT2D eigenvalue weighted by atomic mass is 32.2. The van der Waals surface area contributed by atoms with Gasteiger partial charge in [0.2, 0.25) is 0 Å². The van der Waals surface area contributed by atoms with Gasteiger partial charge in [-0.05, 0) is 43.2 Å². The van der Waals surface area contributed by atoms with Crippen molar-refractivity contribution in [2.75, 3.05) is 0 Å². The molecule has 0 amide bonds. The lowest BCUT2D eigenvalue weighted by atomic mass is 10.1. The first-order valence-electron chi connectivity index (χ1n) is 6.00. The standard InChI is InChI=1S/C15H13NO3S/c1-10-3-5-14(7-11(10)2)20-15-6-4-13(16(18)19)8-12(15)9-17/h3-9H,1-2H3. The van der Waals surface area contributed by atoms with Gasteiger partial charge in [-0.25, -0.2) is 0 Å². The molecule has 20 heavy (non-hydrogen) atoms. The maximum Gasteiger partial charge on any atom is 0.270 e. The van der Waals surface area contributed by atoms with Crippen LogP contribution in [0.3, 0.4) is 0 Å². The molecule has 0 saturated heterocycles. The smallest absolute Gasteiger partial charge is 0.270 e. The van der Waals surface area contributed by atoms with E-state index in [2.05, 4.69) is 0 Å². The predicted molar refractivity (Wildman–Crippen MR) is 78.5 cm³/mol. The van der Waals surface area contributed by atoms with Gasteiger partial charge in [0.1, 0.15) is 0 Å². The van der Waals surface area contributed by atoms with Crippen LogP contribution in [0.5, 0.6) is 0 Å². The molecule has 4 nitrogen and oxygen atoms in total. The molecule has 0 fully saturated rings. The van der Waals surface area contributed by atoms with Crippen molar-refractivity contribution in [2.45, 2.75) is 23.6 Å². The molecule has 2 aromatic rings. The minimum absolute atomic E-state index is 0.0727. The Balaban J connectivity index is 2.35. The molecule has 102 valence electrons. The third-order valence-corrected chi connectivity index (χ3v) is 4.12. The third-order valence-electron chi connectivity index (χ3n) is 3.04. The van der Waals surface area contributed by atoms with E-state index in [1.54, 1.807) is 6.07 Å². The SMILES string of the molecule is Cc1ccc(Sc2ccc([N+](=O)[O-])cc2C=O)cc1C. The summed E-state index contributed by atoms with van der Waals surface area (Å²) in [6.45, 7) is 4.06. The van der Waals surface area contributed by atoms with Crippen molar-refractivity contribution in [3.8, 4) is 0 Å². The van der Waals surface area contributed by atoms with E-state index in [4.69, 9.17) is 0 Å². The number of nitro benzene ring substituents is 1. The molecule has 0 N–H and O–H groups in total. The Morgan fingerprint density at radius 1 is 1.10 bits per heavy atom. The van der Waals surface area contributed by atoms with Crippen molar-refractivity contribution in [3.05, 3.63) is 63.2 Å². The summed E-state index contributed by atoms with van der Waals surface area (Å²) in [4.78, 5) is 23.0. The Labute approximate surface area is 121 Å². The van der Waals surface area contributed by atoms with Crippen LogP contribution in [0, 0.1) is 24.0 Å². The Morgan fingerprint density at radius 2 is 1.85 bits per heavy atom. The van der Waals surface area contributed by atoms with Gasteiger partial charge < -0.3 is 0 Å². The topological polar surface area (TPSA) is 60.2 Å². The van der Waals surface area contributed by atoms with Crippen molar-refractivity contribution in [2.24, 2.45) is 0 Å². The number of hydrogen-bond acceptors (Lipinski definition) is 4. The van der Waals surface area contributed by atoms with Gasteiger partial charge >= 0.3 is 0 Å². The molecule has 0 bridgehead atoms. The Bertz CT molecular complexity index is 683. The highest BCUT2D eigenvalue weighted by Gasteiger charge is 2.11. The average Bonchev–Trinajstić information content (AvgIpc) is 2.43. The molecule has 0 atom stereocenters. The van der Waals surface area contributed by atoms with Crippen LogP contribution in [-0.2, 0) is 0 Å². The molecule has 2 aromatic carbocycles. The van der Waals surface area contributed by atoms with Gasteiger partial charge in [0.25, 0.3) is 5.69 Å². The number of aryl methyl sites for hydroxylation is 2. The molecule has 0 unspecified atom stereocenters. The van der Waals surface area contributed by atoms with Crippen LogP contribution in [0.25, 0.3) is 0 Å². The second-order valence-corrected chi connectivity index (χ2v) is 5.56. The van der Waals surface area contributed by atoms with Crippen LogP contribution in [0.4, 0.5) is 5.69 Å². The molecule has 0 aromatic heterocycles. The van der Waals surface area contributed by atoms with Crippen LogP contribution in [0.15, 0.2) is 46.2 Å². The molecular weight excluding hydrogens is 274 g/mol. The molecule has 0 spiro atoms. The number of rotatable bonds is 4. The molecule has 0 aliphatic rings. The summed E-state index contributed by atoms with van der Waals surface area (Å²) in [6.07, 6.45) is 0.649. The van der Waals surface area contributed by atoms with Gasteiger partial charge in [-0.3, -0.25) is 14.9 Å². The van der Waals surface area contributed by atoms with Crippen LogP contribution in [0.2, 0.25) is 0 Å². The Morgan fingerprint density at radius 3 is 2.45 bits per heavy atom.